The van der Waals surface area contributed by atoms with E-state index in [1.54, 1.807) is 24.9 Å². The summed E-state index contributed by atoms with van der Waals surface area (Å²) >= 11 is 1.62. The number of esters is 1. The van der Waals surface area contributed by atoms with Crippen molar-refractivity contribution in [1.29, 1.82) is 0 Å². The van der Waals surface area contributed by atoms with E-state index >= 15 is 0 Å². The zero-order valence-electron chi connectivity index (χ0n) is 12.3. The fourth-order valence-corrected chi connectivity index (χ4v) is 3.19. The minimum atomic E-state index is -0.333. The van der Waals surface area contributed by atoms with Crippen LogP contribution in [0, 0.1) is 0 Å². The van der Waals surface area contributed by atoms with Crippen LogP contribution in [0.2, 0.25) is 0 Å². The lowest BCUT2D eigenvalue weighted by atomic mass is 10.1. The Kier molecular flexibility index (Phi) is 4.06. The first-order chi connectivity index (χ1) is 10.7. The molecule has 3 rings (SSSR count). The highest BCUT2D eigenvalue weighted by molar-refractivity contribution is 7.99. The number of hydrogen-bond donors (Lipinski definition) is 1. The fraction of sp³-hybridized carbons (Fsp3) is 0.118. The van der Waals surface area contributed by atoms with Crippen LogP contribution in [0.4, 0.5) is 0 Å². The van der Waals surface area contributed by atoms with Crippen molar-refractivity contribution in [3.63, 3.8) is 0 Å². The lowest BCUT2D eigenvalue weighted by Gasteiger charge is -2.04. The van der Waals surface area contributed by atoms with Crippen LogP contribution in [-0.2, 0) is 4.74 Å². The van der Waals surface area contributed by atoms with E-state index in [1.807, 2.05) is 42.6 Å². The van der Waals surface area contributed by atoms with Gasteiger partial charge in [0.1, 0.15) is 5.75 Å². The topological polar surface area (TPSA) is 51.3 Å². The van der Waals surface area contributed by atoms with Gasteiger partial charge in [0.2, 0.25) is 0 Å². The van der Waals surface area contributed by atoms with Gasteiger partial charge in [-0.2, -0.15) is 0 Å². The predicted octanol–water partition coefficient (Wildman–Crippen LogP) is 4.11. The highest BCUT2D eigenvalue weighted by Gasteiger charge is 2.11. The number of H-pyrrole nitrogens is 1. The van der Waals surface area contributed by atoms with E-state index in [4.69, 9.17) is 9.47 Å². The minimum absolute atomic E-state index is 0.333. The molecule has 22 heavy (non-hydrogen) atoms. The Morgan fingerprint density at radius 2 is 2.00 bits per heavy atom. The summed E-state index contributed by atoms with van der Waals surface area (Å²) in [5.41, 5.74) is 1.53. The molecule has 0 aliphatic rings. The van der Waals surface area contributed by atoms with Crippen molar-refractivity contribution >= 4 is 28.6 Å². The lowest BCUT2D eigenvalue weighted by molar-refractivity contribution is 0.0601. The summed E-state index contributed by atoms with van der Waals surface area (Å²) in [5, 5.41) is 0.996. The molecular weight excluding hydrogens is 298 g/mol. The molecule has 1 heterocycles. The normalized spacial score (nSPS) is 10.6. The maximum atomic E-state index is 11.7. The number of hydrogen-bond acceptors (Lipinski definition) is 4. The van der Waals surface area contributed by atoms with Gasteiger partial charge in [0, 0.05) is 26.9 Å². The minimum Gasteiger partial charge on any atom is -0.497 e. The molecule has 0 aliphatic heterocycles. The zero-order chi connectivity index (χ0) is 15.5. The van der Waals surface area contributed by atoms with Crippen LogP contribution in [0.15, 0.2) is 58.5 Å². The van der Waals surface area contributed by atoms with Crippen molar-refractivity contribution in [1.82, 2.24) is 4.98 Å². The number of carbonyl (C=O) groups excluding carboxylic acids is 1. The molecule has 0 fully saturated rings. The van der Waals surface area contributed by atoms with E-state index < -0.39 is 0 Å². The third-order valence-corrected chi connectivity index (χ3v) is 4.38. The molecule has 112 valence electrons. The Morgan fingerprint density at radius 1 is 1.14 bits per heavy atom. The quantitative estimate of drug-likeness (QED) is 0.736. The van der Waals surface area contributed by atoms with Crippen LogP contribution in [0.3, 0.4) is 0 Å². The standard InChI is InChI=1S/C17H15NO3S/c1-20-12-4-3-5-13(9-12)22-16-10-18-15-7-6-11(8-14(15)16)17(19)21-2/h3-10,18H,1-2H3. The van der Waals surface area contributed by atoms with E-state index in [0.29, 0.717) is 5.56 Å². The summed E-state index contributed by atoms with van der Waals surface area (Å²) in [6.45, 7) is 0. The van der Waals surface area contributed by atoms with Crippen LogP contribution in [0.25, 0.3) is 10.9 Å². The maximum Gasteiger partial charge on any atom is 0.337 e. The fourth-order valence-electron chi connectivity index (χ4n) is 2.22. The van der Waals surface area contributed by atoms with Crippen molar-refractivity contribution in [2.24, 2.45) is 0 Å². The smallest absolute Gasteiger partial charge is 0.337 e. The van der Waals surface area contributed by atoms with Gasteiger partial charge in [-0.25, -0.2) is 4.79 Å². The molecule has 0 atom stereocenters. The van der Waals surface area contributed by atoms with Crippen LogP contribution in [0.5, 0.6) is 5.75 Å². The summed E-state index contributed by atoms with van der Waals surface area (Å²) < 4.78 is 10.0. The molecule has 5 heteroatoms. The van der Waals surface area contributed by atoms with Crippen LogP contribution in [0.1, 0.15) is 10.4 Å². The van der Waals surface area contributed by atoms with E-state index in [0.717, 1.165) is 26.4 Å². The summed E-state index contributed by atoms with van der Waals surface area (Å²) in [6, 6.07) is 13.4. The van der Waals surface area contributed by atoms with Gasteiger partial charge in [-0.05, 0) is 36.4 Å². The van der Waals surface area contributed by atoms with Gasteiger partial charge in [0.15, 0.2) is 0 Å². The molecule has 0 aliphatic carbocycles. The average molecular weight is 313 g/mol. The molecule has 1 N–H and O–H groups in total. The van der Waals surface area contributed by atoms with Gasteiger partial charge in [0.25, 0.3) is 0 Å². The summed E-state index contributed by atoms with van der Waals surface area (Å²) in [5.74, 6) is 0.487. The number of nitrogens with one attached hydrogen (secondary N) is 1. The Hall–Kier alpha value is -2.40. The Morgan fingerprint density at radius 3 is 2.77 bits per heavy atom. The lowest BCUT2D eigenvalue weighted by Crippen LogP contribution is -2.00. The highest BCUT2D eigenvalue weighted by atomic mass is 32.2. The second-order valence-corrected chi connectivity index (χ2v) is 5.80. The largest absolute Gasteiger partial charge is 0.497 e. The molecule has 0 amide bonds. The molecule has 0 saturated carbocycles. The number of fused-ring (bicyclic) bond motifs is 1. The van der Waals surface area contributed by atoms with Crippen molar-refractivity contribution in [2.45, 2.75) is 9.79 Å². The number of carbonyl (C=O) groups is 1. The molecule has 4 nitrogen and oxygen atoms in total. The number of ether oxygens (including phenoxy) is 2. The zero-order valence-corrected chi connectivity index (χ0v) is 13.1. The molecule has 0 radical (unpaired) electrons. The molecule has 0 bridgehead atoms. The number of aromatic nitrogens is 1. The summed E-state index contributed by atoms with van der Waals surface area (Å²) in [4.78, 5) is 17.0. The first-order valence-corrected chi connectivity index (χ1v) is 7.54. The first kappa shape index (κ1) is 14.5. The van der Waals surface area contributed by atoms with E-state index in [1.165, 1.54) is 7.11 Å². The Bertz CT molecular complexity index is 826. The number of aromatic amines is 1. The first-order valence-electron chi connectivity index (χ1n) is 6.72. The van der Waals surface area contributed by atoms with Crippen molar-refractivity contribution in [2.75, 3.05) is 14.2 Å². The summed E-state index contributed by atoms with van der Waals surface area (Å²) in [7, 11) is 3.04. The second-order valence-electron chi connectivity index (χ2n) is 4.69. The van der Waals surface area contributed by atoms with Gasteiger partial charge in [0.05, 0.1) is 19.8 Å². The molecular formula is C17H15NO3S. The number of benzene rings is 2. The van der Waals surface area contributed by atoms with Gasteiger partial charge >= 0.3 is 5.97 Å². The highest BCUT2D eigenvalue weighted by Crippen LogP contribution is 2.35. The third kappa shape index (κ3) is 2.80. The van der Waals surface area contributed by atoms with Gasteiger partial charge < -0.3 is 14.5 Å². The van der Waals surface area contributed by atoms with E-state index in [-0.39, 0.29) is 5.97 Å². The SMILES string of the molecule is COC(=O)c1ccc2[nH]cc(Sc3cccc(OC)c3)c2c1. The van der Waals surface area contributed by atoms with Crippen LogP contribution >= 0.6 is 11.8 Å². The molecule has 0 spiro atoms. The van der Waals surface area contributed by atoms with Crippen molar-refractivity contribution in [3.8, 4) is 5.75 Å². The Labute approximate surface area is 132 Å². The second kappa shape index (κ2) is 6.15. The predicted molar refractivity (Wildman–Crippen MR) is 86.8 cm³/mol. The van der Waals surface area contributed by atoms with Gasteiger partial charge in [-0.3, -0.25) is 0 Å². The molecule has 0 saturated heterocycles. The molecule has 1 aromatic heterocycles. The molecule has 2 aromatic carbocycles. The Balaban J connectivity index is 1.97. The van der Waals surface area contributed by atoms with Gasteiger partial charge in [-0.15, -0.1) is 0 Å². The van der Waals surface area contributed by atoms with Crippen LogP contribution in [-0.4, -0.2) is 25.2 Å². The third-order valence-electron chi connectivity index (χ3n) is 3.33. The van der Waals surface area contributed by atoms with Crippen molar-refractivity contribution < 1.29 is 14.3 Å². The van der Waals surface area contributed by atoms with Crippen molar-refractivity contribution in [3.05, 3.63) is 54.2 Å². The maximum absolute atomic E-state index is 11.7. The van der Waals surface area contributed by atoms with Crippen LogP contribution < -0.4 is 4.74 Å². The molecule has 0 unspecified atom stereocenters. The number of rotatable bonds is 4. The monoisotopic (exact) mass is 313 g/mol. The number of methoxy groups -OCH3 is 2. The van der Waals surface area contributed by atoms with E-state index in [2.05, 4.69) is 4.98 Å². The molecule has 3 aromatic rings. The van der Waals surface area contributed by atoms with E-state index in [9.17, 15) is 4.79 Å². The average Bonchev–Trinajstić information content (AvgIpc) is 2.96. The summed E-state index contributed by atoms with van der Waals surface area (Å²) in [6.07, 6.45) is 1.94. The van der Waals surface area contributed by atoms with Gasteiger partial charge in [-0.1, -0.05) is 17.8 Å².